The lowest BCUT2D eigenvalue weighted by Gasteiger charge is -2.29. The Balaban J connectivity index is 1.49. The molecule has 1 amide bonds. The fourth-order valence-electron chi connectivity index (χ4n) is 3.92. The minimum atomic E-state index is -0.0891. The molecule has 2 fully saturated rings. The van der Waals surface area contributed by atoms with Crippen LogP contribution in [-0.4, -0.2) is 63.3 Å². The average molecular weight is 399 g/mol. The van der Waals surface area contributed by atoms with Gasteiger partial charge in [0.25, 0.3) is 0 Å². The van der Waals surface area contributed by atoms with Gasteiger partial charge in [0.05, 0.1) is 25.5 Å². The topological polar surface area (TPSA) is 60.4 Å². The first-order valence-electron chi connectivity index (χ1n) is 10.6. The van der Waals surface area contributed by atoms with Crippen LogP contribution in [0.2, 0.25) is 0 Å². The minimum Gasteiger partial charge on any atom is -0.475 e. The number of carbonyl (C=O) groups is 1. The minimum absolute atomic E-state index is 0.0891. The molecule has 29 heavy (non-hydrogen) atoms. The van der Waals surface area contributed by atoms with E-state index in [0.29, 0.717) is 38.9 Å². The van der Waals surface area contributed by atoms with Crippen molar-refractivity contribution >= 4 is 18.0 Å². The Morgan fingerprint density at radius 3 is 2.97 bits per heavy atom. The lowest BCUT2D eigenvalue weighted by atomic mass is 9.93. The molecule has 1 aromatic carbocycles. The Morgan fingerprint density at radius 2 is 2.24 bits per heavy atom. The summed E-state index contributed by atoms with van der Waals surface area (Å²) < 4.78 is 16.9. The summed E-state index contributed by atoms with van der Waals surface area (Å²) in [7, 11) is 1.70. The van der Waals surface area contributed by atoms with E-state index >= 15 is 0 Å². The number of carbonyl (C=O) groups excluding carboxylic acids is 1. The van der Waals surface area contributed by atoms with Crippen molar-refractivity contribution in [2.75, 3.05) is 40.0 Å². The van der Waals surface area contributed by atoms with Crippen LogP contribution in [0.15, 0.2) is 29.3 Å². The van der Waals surface area contributed by atoms with Crippen LogP contribution in [0.5, 0.6) is 0 Å². The lowest BCUT2D eigenvalue weighted by Crippen LogP contribution is -2.33. The molecule has 0 bridgehead atoms. The predicted molar refractivity (Wildman–Crippen MR) is 112 cm³/mol. The standard InChI is InChI=1S/C23H30N2O4/c1-24-23(29-15-20-14-27-10-11-28-20)13-22-21-7-6-18(5-4-17-2-3-17)12-19(21)8-9-25(22)16-26/h6-7,12-13,16-17,20H,2-5,8-11,14-15H2,1H3/b22-13-,24-23+. The number of ether oxygens (including phenoxy) is 3. The highest BCUT2D eigenvalue weighted by Gasteiger charge is 2.24. The van der Waals surface area contributed by atoms with Crippen LogP contribution in [0.3, 0.4) is 0 Å². The molecule has 3 aliphatic rings. The SMILES string of the molecule is C/N=C(\C=C1\c2ccc(CCC3CC3)cc2CCN1C=O)OCC1COCCO1. The fourth-order valence-corrected chi connectivity index (χ4v) is 3.92. The number of fused-ring (bicyclic) bond motifs is 1. The molecule has 1 aliphatic carbocycles. The zero-order valence-electron chi connectivity index (χ0n) is 17.1. The van der Waals surface area contributed by atoms with Crippen LogP contribution in [0.25, 0.3) is 5.70 Å². The number of amides is 1. The summed E-state index contributed by atoms with van der Waals surface area (Å²) in [4.78, 5) is 17.7. The third kappa shape index (κ3) is 5.25. The zero-order chi connectivity index (χ0) is 20.1. The largest absolute Gasteiger partial charge is 0.475 e. The van der Waals surface area contributed by atoms with Gasteiger partial charge in [0.2, 0.25) is 12.3 Å². The summed E-state index contributed by atoms with van der Waals surface area (Å²) >= 11 is 0. The number of nitrogens with zero attached hydrogens (tertiary/aromatic N) is 2. The Morgan fingerprint density at radius 1 is 1.34 bits per heavy atom. The van der Waals surface area contributed by atoms with Gasteiger partial charge >= 0.3 is 0 Å². The third-order valence-electron chi connectivity index (χ3n) is 5.83. The number of rotatable bonds is 7. The van der Waals surface area contributed by atoms with Crippen LogP contribution in [0.1, 0.15) is 36.0 Å². The first-order chi connectivity index (χ1) is 14.3. The average Bonchev–Trinajstić information content (AvgIpc) is 3.60. The van der Waals surface area contributed by atoms with Gasteiger partial charge in [-0.3, -0.25) is 9.79 Å². The molecular weight excluding hydrogens is 368 g/mol. The third-order valence-corrected chi connectivity index (χ3v) is 5.83. The number of hydrogen-bond acceptors (Lipinski definition) is 5. The molecule has 156 valence electrons. The normalized spacial score (nSPS) is 23.8. The molecule has 0 radical (unpaired) electrons. The van der Waals surface area contributed by atoms with Gasteiger partial charge in [-0.15, -0.1) is 0 Å². The van der Waals surface area contributed by atoms with Crippen LogP contribution in [0, 0.1) is 5.92 Å². The van der Waals surface area contributed by atoms with Gasteiger partial charge < -0.3 is 19.1 Å². The highest BCUT2D eigenvalue weighted by atomic mass is 16.6. The molecule has 6 nitrogen and oxygen atoms in total. The maximum Gasteiger partial charge on any atom is 0.214 e. The molecule has 4 rings (SSSR count). The summed E-state index contributed by atoms with van der Waals surface area (Å²) in [6.07, 6.45) is 8.75. The van der Waals surface area contributed by atoms with Gasteiger partial charge in [-0.2, -0.15) is 0 Å². The van der Waals surface area contributed by atoms with Gasteiger partial charge in [0, 0.05) is 25.2 Å². The van der Waals surface area contributed by atoms with E-state index in [2.05, 4.69) is 23.2 Å². The maximum atomic E-state index is 11.7. The molecule has 0 aromatic heterocycles. The molecule has 6 heteroatoms. The first kappa shape index (κ1) is 20.1. The number of aryl methyl sites for hydroxylation is 1. The van der Waals surface area contributed by atoms with Gasteiger partial charge in [0.15, 0.2) is 0 Å². The molecule has 0 N–H and O–H groups in total. The first-order valence-corrected chi connectivity index (χ1v) is 10.6. The Kier molecular flexibility index (Phi) is 6.62. The monoisotopic (exact) mass is 398 g/mol. The second-order valence-corrected chi connectivity index (χ2v) is 7.99. The van der Waals surface area contributed by atoms with Gasteiger partial charge in [-0.1, -0.05) is 31.0 Å². The zero-order valence-corrected chi connectivity index (χ0v) is 17.1. The van der Waals surface area contributed by atoms with Crippen molar-refractivity contribution in [1.29, 1.82) is 0 Å². The molecular formula is C23H30N2O4. The maximum absolute atomic E-state index is 11.7. The quantitative estimate of drug-likeness (QED) is 0.403. The van der Waals surface area contributed by atoms with Crippen molar-refractivity contribution in [3.8, 4) is 0 Å². The van der Waals surface area contributed by atoms with Crippen molar-refractivity contribution in [3.63, 3.8) is 0 Å². The van der Waals surface area contributed by atoms with Crippen LogP contribution in [0.4, 0.5) is 0 Å². The highest BCUT2D eigenvalue weighted by Crippen LogP contribution is 2.34. The second-order valence-electron chi connectivity index (χ2n) is 7.99. The summed E-state index contributed by atoms with van der Waals surface area (Å²) in [5.41, 5.74) is 4.61. The molecule has 1 atom stereocenters. The van der Waals surface area contributed by atoms with Crippen LogP contribution < -0.4 is 0 Å². The van der Waals surface area contributed by atoms with Gasteiger partial charge in [-0.05, 0) is 36.3 Å². The summed E-state index contributed by atoms with van der Waals surface area (Å²) in [6.45, 7) is 2.79. The molecule has 2 aliphatic heterocycles. The predicted octanol–water partition coefficient (Wildman–Crippen LogP) is 2.84. The number of benzene rings is 1. The molecule has 1 saturated heterocycles. The van der Waals surface area contributed by atoms with E-state index in [1.54, 1.807) is 11.9 Å². The van der Waals surface area contributed by atoms with Crippen LogP contribution in [-0.2, 0) is 31.8 Å². The smallest absolute Gasteiger partial charge is 0.214 e. The number of hydrogen-bond donors (Lipinski definition) is 0. The van der Waals surface area contributed by atoms with E-state index < -0.39 is 0 Å². The van der Waals surface area contributed by atoms with E-state index in [1.165, 1.54) is 30.4 Å². The molecule has 1 saturated carbocycles. The summed E-state index contributed by atoms with van der Waals surface area (Å²) in [5.74, 6) is 1.43. The van der Waals surface area contributed by atoms with Crippen molar-refractivity contribution < 1.29 is 19.0 Å². The lowest BCUT2D eigenvalue weighted by molar-refractivity contribution is -0.115. The van der Waals surface area contributed by atoms with E-state index in [9.17, 15) is 4.79 Å². The van der Waals surface area contributed by atoms with Crippen molar-refractivity contribution in [2.45, 2.75) is 38.2 Å². The van der Waals surface area contributed by atoms with E-state index in [0.717, 1.165) is 36.4 Å². The molecule has 1 unspecified atom stereocenters. The van der Waals surface area contributed by atoms with Gasteiger partial charge in [0.1, 0.15) is 12.7 Å². The van der Waals surface area contributed by atoms with E-state index in [-0.39, 0.29) is 6.10 Å². The van der Waals surface area contributed by atoms with Gasteiger partial charge in [-0.25, -0.2) is 0 Å². The Bertz CT molecular complexity index is 779. The Labute approximate surface area is 172 Å². The number of aliphatic imine (C=N–C) groups is 1. The van der Waals surface area contributed by atoms with Crippen molar-refractivity contribution in [2.24, 2.45) is 10.9 Å². The summed E-state index contributed by atoms with van der Waals surface area (Å²) in [6, 6.07) is 6.65. The second kappa shape index (κ2) is 9.55. The van der Waals surface area contributed by atoms with Crippen molar-refractivity contribution in [1.82, 2.24) is 4.90 Å². The van der Waals surface area contributed by atoms with Crippen LogP contribution >= 0.6 is 0 Å². The highest BCUT2D eigenvalue weighted by molar-refractivity contribution is 5.97. The fraction of sp³-hybridized carbons (Fsp3) is 0.565. The van der Waals surface area contributed by atoms with Crippen molar-refractivity contribution in [3.05, 3.63) is 41.0 Å². The molecule has 0 spiro atoms. The molecule has 1 aromatic rings. The summed E-state index contributed by atoms with van der Waals surface area (Å²) in [5, 5.41) is 0. The van der Waals surface area contributed by atoms with E-state index in [4.69, 9.17) is 14.2 Å². The Hall–Kier alpha value is -2.18. The molecule has 2 heterocycles. The van der Waals surface area contributed by atoms with E-state index in [1.807, 2.05) is 6.08 Å².